The number of carboxylic acids is 1. The van der Waals surface area contributed by atoms with E-state index in [1.54, 1.807) is 0 Å². The Morgan fingerprint density at radius 3 is 2.77 bits per heavy atom. The summed E-state index contributed by atoms with van der Waals surface area (Å²) in [7, 11) is 0. The van der Waals surface area contributed by atoms with E-state index in [2.05, 4.69) is 0 Å². The maximum absolute atomic E-state index is 10.9. The lowest BCUT2D eigenvalue weighted by Gasteiger charge is -2.22. The molecule has 2 atom stereocenters. The van der Waals surface area contributed by atoms with Crippen LogP contribution in [-0.2, 0) is 4.79 Å². The van der Waals surface area contributed by atoms with Crippen LogP contribution in [0.5, 0.6) is 0 Å². The zero-order chi connectivity index (χ0) is 9.84. The van der Waals surface area contributed by atoms with Crippen LogP contribution in [-0.4, -0.2) is 46.3 Å². The summed E-state index contributed by atoms with van der Waals surface area (Å²) >= 11 is 0. The molecule has 0 aliphatic carbocycles. The number of aliphatic hydroxyl groups excluding tert-OH is 1. The summed E-state index contributed by atoms with van der Waals surface area (Å²) in [4.78, 5) is 12.7. The Kier molecular flexibility index (Phi) is 3.69. The van der Waals surface area contributed by atoms with E-state index in [-0.39, 0.29) is 6.10 Å². The molecule has 1 heterocycles. The Morgan fingerprint density at radius 2 is 2.38 bits per heavy atom. The second-order valence-corrected chi connectivity index (χ2v) is 3.58. The van der Waals surface area contributed by atoms with Crippen molar-refractivity contribution in [1.82, 2.24) is 4.90 Å². The number of rotatable bonds is 4. The van der Waals surface area contributed by atoms with Crippen LogP contribution in [0.2, 0.25) is 0 Å². The molecule has 0 spiro atoms. The zero-order valence-corrected chi connectivity index (χ0v) is 7.94. The molecule has 0 aromatic rings. The molecule has 4 heteroatoms. The van der Waals surface area contributed by atoms with Gasteiger partial charge in [-0.15, -0.1) is 0 Å². The molecule has 0 aromatic carbocycles. The van der Waals surface area contributed by atoms with E-state index in [9.17, 15) is 9.90 Å². The number of aliphatic carboxylic acids is 1. The summed E-state index contributed by atoms with van der Waals surface area (Å²) in [5.41, 5.74) is 0. The number of hydrogen-bond acceptors (Lipinski definition) is 3. The van der Waals surface area contributed by atoms with Gasteiger partial charge >= 0.3 is 5.97 Å². The van der Waals surface area contributed by atoms with E-state index in [1.807, 2.05) is 11.8 Å². The summed E-state index contributed by atoms with van der Waals surface area (Å²) in [6, 6.07) is -0.401. The Bertz CT molecular complexity index is 184. The van der Waals surface area contributed by atoms with Gasteiger partial charge in [0.25, 0.3) is 0 Å². The number of carbonyl (C=O) groups is 1. The molecule has 76 valence electrons. The van der Waals surface area contributed by atoms with Crippen LogP contribution in [0.25, 0.3) is 0 Å². The van der Waals surface area contributed by atoms with Crippen molar-refractivity contribution in [2.45, 2.75) is 38.3 Å². The van der Waals surface area contributed by atoms with Gasteiger partial charge in [-0.05, 0) is 12.8 Å². The number of aliphatic hydroxyl groups is 1. The van der Waals surface area contributed by atoms with E-state index in [0.29, 0.717) is 25.9 Å². The van der Waals surface area contributed by atoms with E-state index in [0.717, 1.165) is 6.42 Å². The first kappa shape index (κ1) is 10.5. The molecule has 1 aliphatic heterocycles. The highest BCUT2D eigenvalue weighted by molar-refractivity contribution is 5.73. The van der Waals surface area contributed by atoms with Crippen LogP contribution in [0.3, 0.4) is 0 Å². The molecule has 0 bridgehead atoms. The highest BCUT2D eigenvalue weighted by atomic mass is 16.4. The fourth-order valence-electron chi connectivity index (χ4n) is 1.79. The summed E-state index contributed by atoms with van der Waals surface area (Å²) in [6.45, 7) is 3.19. The zero-order valence-electron chi connectivity index (χ0n) is 7.94. The molecule has 1 fully saturated rings. The topological polar surface area (TPSA) is 60.8 Å². The number of nitrogens with zero attached hydrogens (tertiary/aromatic N) is 1. The Balaban J connectivity index is 2.49. The molecule has 4 nitrogen and oxygen atoms in total. The van der Waals surface area contributed by atoms with Gasteiger partial charge in [-0.1, -0.05) is 13.3 Å². The molecule has 1 unspecified atom stereocenters. The minimum absolute atomic E-state index is 0.335. The molecule has 0 aromatic heterocycles. The van der Waals surface area contributed by atoms with E-state index >= 15 is 0 Å². The van der Waals surface area contributed by atoms with Crippen LogP contribution in [0.15, 0.2) is 0 Å². The van der Waals surface area contributed by atoms with Gasteiger partial charge in [0.05, 0.1) is 6.10 Å². The normalized spacial score (nSPS) is 26.2. The second-order valence-electron chi connectivity index (χ2n) is 3.58. The predicted octanol–water partition coefficient (Wildman–Crippen LogP) is 0.306. The third-order valence-corrected chi connectivity index (χ3v) is 2.48. The van der Waals surface area contributed by atoms with Gasteiger partial charge in [-0.2, -0.15) is 0 Å². The highest BCUT2D eigenvalue weighted by Crippen LogP contribution is 2.15. The first-order chi connectivity index (χ1) is 6.15. The Hall–Kier alpha value is -0.610. The Morgan fingerprint density at radius 1 is 1.69 bits per heavy atom. The fourth-order valence-corrected chi connectivity index (χ4v) is 1.79. The van der Waals surface area contributed by atoms with Crippen LogP contribution < -0.4 is 0 Å². The standard InChI is InChI=1S/C9H17NO3/c1-2-3-8(9(12)13)10-5-4-7(11)6-10/h7-8,11H,2-6H2,1H3,(H,12,13)/t7-,8?/m1/s1. The molecular formula is C9H17NO3. The smallest absolute Gasteiger partial charge is 0.320 e. The maximum Gasteiger partial charge on any atom is 0.320 e. The van der Waals surface area contributed by atoms with Crippen molar-refractivity contribution in [2.24, 2.45) is 0 Å². The first-order valence-corrected chi connectivity index (χ1v) is 4.80. The molecule has 1 rings (SSSR count). The van der Waals surface area contributed by atoms with E-state index in [4.69, 9.17) is 5.11 Å². The quantitative estimate of drug-likeness (QED) is 0.665. The van der Waals surface area contributed by atoms with Gasteiger partial charge in [-0.25, -0.2) is 0 Å². The van der Waals surface area contributed by atoms with Crippen LogP contribution in [0.4, 0.5) is 0 Å². The molecule has 13 heavy (non-hydrogen) atoms. The highest BCUT2D eigenvalue weighted by Gasteiger charge is 2.30. The average Bonchev–Trinajstić information content (AvgIpc) is 2.46. The summed E-state index contributed by atoms with van der Waals surface area (Å²) in [6.07, 6.45) is 1.90. The van der Waals surface area contributed by atoms with Gasteiger partial charge in [-0.3, -0.25) is 9.69 Å². The first-order valence-electron chi connectivity index (χ1n) is 4.80. The van der Waals surface area contributed by atoms with Crippen molar-refractivity contribution in [2.75, 3.05) is 13.1 Å². The lowest BCUT2D eigenvalue weighted by molar-refractivity contribution is -0.143. The second kappa shape index (κ2) is 4.58. The largest absolute Gasteiger partial charge is 0.480 e. The Labute approximate surface area is 78.2 Å². The van der Waals surface area contributed by atoms with E-state index < -0.39 is 12.0 Å². The van der Waals surface area contributed by atoms with Gasteiger partial charge in [0.2, 0.25) is 0 Å². The van der Waals surface area contributed by atoms with Crippen molar-refractivity contribution in [3.8, 4) is 0 Å². The van der Waals surface area contributed by atoms with Gasteiger partial charge in [0.1, 0.15) is 6.04 Å². The molecular weight excluding hydrogens is 170 g/mol. The van der Waals surface area contributed by atoms with Gasteiger partial charge < -0.3 is 10.2 Å². The summed E-state index contributed by atoms with van der Waals surface area (Å²) in [5, 5.41) is 18.2. The molecule has 0 radical (unpaired) electrons. The van der Waals surface area contributed by atoms with Crippen LogP contribution in [0.1, 0.15) is 26.2 Å². The monoisotopic (exact) mass is 187 g/mol. The number of hydrogen-bond donors (Lipinski definition) is 2. The number of likely N-dealkylation sites (tertiary alicyclic amines) is 1. The van der Waals surface area contributed by atoms with Crippen molar-refractivity contribution >= 4 is 5.97 Å². The molecule has 1 aliphatic rings. The van der Waals surface area contributed by atoms with Crippen molar-refractivity contribution in [1.29, 1.82) is 0 Å². The van der Waals surface area contributed by atoms with Gasteiger partial charge in [0, 0.05) is 13.1 Å². The number of β-amino-alcohol motifs (C(OH)–C–C–N with tert-alkyl or cyclic N) is 1. The summed E-state index contributed by atoms with van der Waals surface area (Å²) in [5.74, 6) is -0.768. The minimum atomic E-state index is -0.768. The van der Waals surface area contributed by atoms with Crippen LogP contribution in [0, 0.1) is 0 Å². The van der Waals surface area contributed by atoms with Crippen molar-refractivity contribution in [3.05, 3.63) is 0 Å². The minimum Gasteiger partial charge on any atom is -0.480 e. The molecule has 0 saturated carbocycles. The third-order valence-electron chi connectivity index (χ3n) is 2.48. The lowest BCUT2D eigenvalue weighted by atomic mass is 10.1. The van der Waals surface area contributed by atoms with Gasteiger partial charge in [0.15, 0.2) is 0 Å². The third kappa shape index (κ3) is 2.67. The predicted molar refractivity (Wildman–Crippen MR) is 48.5 cm³/mol. The molecule has 0 amide bonds. The van der Waals surface area contributed by atoms with E-state index in [1.165, 1.54) is 0 Å². The molecule has 1 saturated heterocycles. The summed E-state index contributed by atoms with van der Waals surface area (Å²) < 4.78 is 0. The maximum atomic E-state index is 10.9. The van der Waals surface area contributed by atoms with Crippen molar-refractivity contribution in [3.63, 3.8) is 0 Å². The SMILES string of the molecule is CCCC(C(=O)O)N1CC[C@@H](O)C1. The molecule has 2 N–H and O–H groups in total. The fraction of sp³-hybridized carbons (Fsp3) is 0.889. The average molecular weight is 187 g/mol. The van der Waals surface area contributed by atoms with Crippen molar-refractivity contribution < 1.29 is 15.0 Å². The van der Waals surface area contributed by atoms with Crippen LogP contribution >= 0.6 is 0 Å². The number of carboxylic acid groups (broad SMARTS) is 1. The lowest BCUT2D eigenvalue weighted by Crippen LogP contribution is -2.40.